The fourth-order valence-electron chi connectivity index (χ4n) is 2.00. The number of carboxylic acid groups (broad SMARTS) is 1. The van der Waals surface area contributed by atoms with Gasteiger partial charge in [-0.2, -0.15) is 0 Å². The Hall–Kier alpha value is -1.06. The molecule has 0 aliphatic heterocycles. The molecule has 0 saturated heterocycles. The lowest BCUT2D eigenvalue weighted by Gasteiger charge is -2.17. The molecule has 0 aliphatic rings. The van der Waals surface area contributed by atoms with Crippen molar-refractivity contribution in [2.45, 2.75) is 78.2 Å². The first-order valence-electron chi connectivity index (χ1n) is 7.51. The van der Waals surface area contributed by atoms with Gasteiger partial charge in [0, 0.05) is 6.42 Å². The van der Waals surface area contributed by atoms with E-state index < -0.39 is 12.0 Å². The molecule has 0 bridgehead atoms. The van der Waals surface area contributed by atoms with Crippen molar-refractivity contribution in [3.63, 3.8) is 0 Å². The zero-order valence-electron chi connectivity index (χ0n) is 12.6. The van der Waals surface area contributed by atoms with E-state index >= 15 is 0 Å². The molecule has 0 aromatic carbocycles. The summed E-state index contributed by atoms with van der Waals surface area (Å²) in [6.45, 7) is 5.79. The van der Waals surface area contributed by atoms with E-state index in [2.05, 4.69) is 12.2 Å². The highest BCUT2D eigenvalue weighted by Gasteiger charge is 2.22. The van der Waals surface area contributed by atoms with Crippen molar-refractivity contribution in [3.05, 3.63) is 0 Å². The van der Waals surface area contributed by atoms with Gasteiger partial charge in [-0.05, 0) is 12.3 Å². The normalized spacial score (nSPS) is 12.4. The summed E-state index contributed by atoms with van der Waals surface area (Å²) >= 11 is 0. The van der Waals surface area contributed by atoms with Gasteiger partial charge in [-0.15, -0.1) is 0 Å². The summed E-state index contributed by atoms with van der Waals surface area (Å²) in [4.78, 5) is 22.6. The van der Waals surface area contributed by atoms with E-state index in [1.807, 2.05) is 0 Å². The van der Waals surface area contributed by atoms with Crippen LogP contribution >= 0.6 is 0 Å². The number of nitrogens with one attached hydrogen (secondary N) is 1. The standard InChI is InChI=1S/C15H29NO3/c1-4-5-6-7-8-9-10-11-13(17)16-14(12(2)3)15(18)19/h12,14H,4-11H2,1-3H3,(H,16,17)(H,18,19)/t14-/m1/s1. The number of carboxylic acids is 1. The molecule has 0 aromatic rings. The number of carbonyl (C=O) groups is 2. The van der Waals surface area contributed by atoms with Gasteiger partial charge in [0.1, 0.15) is 6.04 Å². The van der Waals surface area contributed by atoms with Gasteiger partial charge >= 0.3 is 5.97 Å². The van der Waals surface area contributed by atoms with E-state index in [1.54, 1.807) is 13.8 Å². The number of aliphatic carboxylic acids is 1. The van der Waals surface area contributed by atoms with Crippen molar-refractivity contribution in [2.24, 2.45) is 5.92 Å². The Morgan fingerprint density at radius 3 is 2.00 bits per heavy atom. The lowest BCUT2D eigenvalue weighted by Crippen LogP contribution is -2.44. The zero-order valence-corrected chi connectivity index (χ0v) is 12.6. The quantitative estimate of drug-likeness (QED) is 0.566. The zero-order chi connectivity index (χ0) is 14.7. The highest BCUT2D eigenvalue weighted by atomic mass is 16.4. The molecule has 1 amide bonds. The van der Waals surface area contributed by atoms with Crippen LogP contribution in [0.15, 0.2) is 0 Å². The van der Waals surface area contributed by atoms with Crippen LogP contribution < -0.4 is 5.32 Å². The largest absolute Gasteiger partial charge is 0.480 e. The van der Waals surface area contributed by atoms with Gasteiger partial charge in [0.25, 0.3) is 0 Å². The third-order valence-corrected chi connectivity index (χ3v) is 3.26. The van der Waals surface area contributed by atoms with Gasteiger partial charge in [-0.1, -0.05) is 59.3 Å². The van der Waals surface area contributed by atoms with E-state index in [1.165, 1.54) is 32.1 Å². The first kappa shape index (κ1) is 17.9. The summed E-state index contributed by atoms with van der Waals surface area (Å²) in [5.74, 6) is -1.19. The van der Waals surface area contributed by atoms with Gasteiger partial charge in [0.05, 0.1) is 0 Å². The highest BCUT2D eigenvalue weighted by molar-refractivity contribution is 5.83. The maximum absolute atomic E-state index is 11.6. The predicted molar refractivity (Wildman–Crippen MR) is 77.0 cm³/mol. The highest BCUT2D eigenvalue weighted by Crippen LogP contribution is 2.09. The molecule has 0 fully saturated rings. The van der Waals surface area contributed by atoms with Crippen LogP contribution in [0.4, 0.5) is 0 Å². The monoisotopic (exact) mass is 271 g/mol. The minimum absolute atomic E-state index is 0.0875. The first-order valence-corrected chi connectivity index (χ1v) is 7.51. The number of unbranched alkanes of at least 4 members (excludes halogenated alkanes) is 6. The van der Waals surface area contributed by atoms with Crippen LogP contribution in [0.3, 0.4) is 0 Å². The number of rotatable bonds is 11. The average Bonchev–Trinajstić information content (AvgIpc) is 2.34. The van der Waals surface area contributed by atoms with Crippen LogP contribution in [0, 0.1) is 5.92 Å². The Balaban J connectivity index is 3.66. The molecule has 4 nitrogen and oxygen atoms in total. The molecular formula is C15H29NO3. The van der Waals surface area contributed by atoms with Gasteiger partial charge in [0.15, 0.2) is 0 Å². The summed E-state index contributed by atoms with van der Waals surface area (Å²) in [6.07, 6.45) is 8.54. The van der Waals surface area contributed by atoms with Gasteiger partial charge in [0.2, 0.25) is 5.91 Å². The minimum Gasteiger partial charge on any atom is -0.480 e. The third-order valence-electron chi connectivity index (χ3n) is 3.26. The van der Waals surface area contributed by atoms with E-state index in [0.717, 1.165) is 12.8 Å². The molecule has 19 heavy (non-hydrogen) atoms. The fraction of sp³-hybridized carbons (Fsp3) is 0.867. The Bertz CT molecular complexity index is 264. The summed E-state index contributed by atoms with van der Waals surface area (Å²) in [5, 5.41) is 11.6. The van der Waals surface area contributed by atoms with Crippen molar-refractivity contribution in [1.82, 2.24) is 5.32 Å². The second-order valence-corrected chi connectivity index (χ2v) is 5.50. The number of amides is 1. The smallest absolute Gasteiger partial charge is 0.326 e. The van der Waals surface area contributed by atoms with Gasteiger partial charge in [-0.3, -0.25) is 4.79 Å². The Morgan fingerprint density at radius 1 is 1.00 bits per heavy atom. The van der Waals surface area contributed by atoms with Crippen LogP contribution in [-0.4, -0.2) is 23.0 Å². The summed E-state index contributed by atoms with van der Waals surface area (Å²) in [6, 6.07) is -0.767. The molecule has 0 saturated carbocycles. The van der Waals surface area contributed by atoms with Crippen molar-refractivity contribution in [2.75, 3.05) is 0 Å². The molecular weight excluding hydrogens is 242 g/mol. The number of hydrogen-bond donors (Lipinski definition) is 2. The minimum atomic E-state index is -0.956. The molecule has 0 rings (SSSR count). The van der Waals surface area contributed by atoms with Crippen LogP contribution in [0.25, 0.3) is 0 Å². The lowest BCUT2D eigenvalue weighted by molar-refractivity contribution is -0.143. The second-order valence-electron chi connectivity index (χ2n) is 5.50. The second kappa shape index (κ2) is 10.8. The topological polar surface area (TPSA) is 66.4 Å². The average molecular weight is 271 g/mol. The summed E-state index contributed by atoms with van der Waals surface area (Å²) in [5.41, 5.74) is 0. The molecule has 1 atom stereocenters. The molecule has 0 radical (unpaired) electrons. The molecule has 112 valence electrons. The third kappa shape index (κ3) is 9.51. The molecule has 0 aromatic heterocycles. The molecule has 0 unspecified atom stereocenters. The Labute approximate surface area is 117 Å². The first-order chi connectivity index (χ1) is 8.99. The Kier molecular flexibility index (Phi) is 10.2. The Morgan fingerprint density at radius 2 is 1.53 bits per heavy atom. The summed E-state index contributed by atoms with van der Waals surface area (Å²) in [7, 11) is 0. The van der Waals surface area contributed by atoms with Crippen molar-refractivity contribution < 1.29 is 14.7 Å². The van der Waals surface area contributed by atoms with Crippen LogP contribution in [0.1, 0.15) is 72.1 Å². The maximum Gasteiger partial charge on any atom is 0.326 e. The van der Waals surface area contributed by atoms with Crippen molar-refractivity contribution in [3.8, 4) is 0 Å². The molecule has 0 heterocycles. The van der Waals surface area contributed by atoms with Crippen molar-refractivity contribution >= 4 is 11.9 Å². The van der Waals surface area contributed by atoms with Crippen LogP contribution in [0.2, 0.25) is 0 Å². The van der Waals surface area contributed by atoms with E-state index in [-0.39, 0.29) is 11.8 Å². The van der Waals surface area contributed by atoms with E-state index in [0.29, 0.717) is 6.42 Å². The molecule has 0 spiro atoms. The van der Waals surface area contributed by atoms with E-state index in [4.69, 9.17) is 5.11 Å². The number of carbonyl (C=O) groups excluding carboxylic acids is 1. The molecule has 0 aliphatic carbocycles. The van der Waals surface area contributed by atoms with E-state index in [9.17, 15) is 9.59 Å². The molecule has 4 heteroatoms. The van der Waals surface area contributed by atoms with Crippen molar-refractivity contribution in [1.29, 1.82) is 0 Å². The van der Waals surface area contributed by atoms with Gasteiger partial charge in [-0.25, -0.2) is 4.79 Å². The summed E-state index contributed by atoms with van der Waals surface area (Å²) < 4.78 is 0. The predicted octanol–water partition coefficient (Wildman–Crippen LogP) is 3.35. The number of hydrogen-bond acceptors (Lipinski definition) is 2. The maximum atomic E-state index is 11.6. The van der Waals surface area contributed by atoms with Gasteiger partial charge < -0.3 is 10.4 Å². The van der Waals surface area contributed by atoms with Crippen LogP contribution in [0.5, 0.6) is 0 Å². The van der Waals surface area contributed by atoms with Crippen LogP contribution in [-0.2, 0) is 9.59 Å². The molecule has 2 N–H and O–H groups in total. The SMILES string of the molecule is CCCCCCCCCC(=O)N[C@@H](C(=O)O)C(C)C. The lowest BCUT2D eigenvalue weighted by atomic mass is 10.0. The fourth-order valence-corrected chi connectivity index (χ4v) is 2.00.